The normalized spacial score (nSPS) is 27.1. The zero-order chi connectivity index (χ0) is 12.6. The molecule has 94 valence electrons. The minimum absolute atomic E-state index is 0.229. The highest BCUT2D eigenvalue weighted by atomic mass is 16.5. The number of hydrogen-bond acceptors (Lipinski definition) is 4. The van der Waals surface area contributed by atoms with E-state index in [4.69, 9.17) is 0 Å². The third-order valence-electron chi connectivity index (χ3n) is 3.01. The Bertz CT molecular complexity index is 372. The van der Waals surface area contributed by atoms with Crippen LogP contribution in [0.3, 0.4) is 0 Å². The minimum atomic E-state index is -0.636. The fourth-order valence-corrected chi connectivity index (χ4v) is 2.16. The number of carbonyl (C=O) groups excluding carboxylic acids is 3. The van der Waals surface area contributed by atoms with Gasteiger partial charge in [-0.25, -0.2) is 9.86 Å². The van der Waals surface area contributed by atoms with Crippen molar-refractivity contribution in [3.63, 3.8) is 0 Å². The quantitative estimate of drug-likeness (QED) is 0.397. The van der Waals surface area contributed by atoms with Gasteiger partial charge in [0, 0.05) is 13.5 Å². The maximum Gasteiger partial charge on any atom is 0.344 e. The lowest BCUT2D eigenvalue weighted by molar-refractivity contribution is -0.131. The lowest BCUT2D eigenvalue weighted by atomic mass is 10.0. The number of nitrogens with one attached hydrogen (secondary N) is 2. The average molecular weight is 242 g/mol. The Morgan fingerprint density at radius 2 is 2.06 bits per heavy atom. The number of hydrogen-bond donors (Lipinski definition) is 3. The molecule has 0 aromatic carbocycles. The summed E-state index contributed by atoms with van der Waals surface area (Å²) in [7, 11) is 0. The van der Waals surface area contributed by atoms with E-state index in [1.807, 2.05) is 0 Å². The Hall–Kier alpha value is -1.83. The summed E-state index contributed by atoms with van der Waals surface area (Å²) in [5.74, 6) is -0.828. The van der Waals surface area contributed by atoms with Gasteiger partial charge in [-0.15, -0.1) is 0 Å². The van der Waals surface area contributed by atoms with E-state index in [9.17, 15) is 19.6 Å². The van der Waals surface area contributed by atoms with Crippen LogP contribution in [0.4, 0.5) is 4.79 Å². The Balaban J connectivity index is 2.00. The predicted molar refractivity (Wildman–Crippen MR) is 54.5 cm³/mol. The van der Waals surface area contributed by atoms with Gasteiger partial charge in [0.25, 0.3) is 5.91 Å². The highest BCUT2D eigenvalue weighted by molar-refractivity contribution is 5.89. The predicted octanol–water partition coefficient (Wildman–Crippen LogP) is -1.19. The molecule has 2 unspecified atom stereocenters. The average Bonchev–Trinajstić information content (AvgIpc) is 2.52. The van der Waals surface area contributed by atoms with Crippen LogP contribution < -0.4 is 10.9 Å². The first-order valence-electron chi connectivity index (χ1n) is 5.36. The van der Waals surface area contributed by atoms with E-state index in [-0.39, 0.29) is 11.9 Å². The van der Waals surface area contributed by atoms with Gasteiger partial charge in [-0.1, -0.05) is 0 Å². The molecule has 0 aromatic heterocycles. The van der Waals surface area contributed by atoms with Gasteiger partial charge in [0.1, 0.15) is 6.04 Å². The topological polar surface area (TPSA) is 102 Å². The van der Waals surface area contributed by atoms with Crippen molar-refractivity contribution in [2.75, 3.05) is 6.54 Å². The first kappa shape index (κ1) is 11.6. The molecule has 2 bridgehead atoms. The Morgan fingerprint density at radius 1 is 1.35 bits per heavy atom. The number of hydrazine groups is 1. The Morgan fingerprint density at radius 3 is 2.71 bits per heavy atom. The molecule has 0 aliphatic carbocycles. The highest BCUT2D eigenvalue weighted by Gasteiger charge is 2.46. The van der Waals surface area contributed by atoms with Crippen LogP contribution in [0.25, 0.3) is 0 Å². The van der Waals surface area contributed by atoms with Crippen molar-refractivity contribution < 1.29 is 19.6 Å². The van der Waals surface area contributed by atoms with Gasteiger partial charge in [-0.3, -0.25) is 25.6 Å². The molecule has 0 saturated carbocycles. The number of carbonyl (C=O) groups is 3. The molecule has 8 nitrogen and oxygen atoms in total. The molecular formula is C9H14N4O4. The summed E-state index contributed by atoms with van der Waals surface area (Å²) in [6.07, 6.45) is 1.04. The van der Waals surface area contributed by atoms with Crippen LogP contribution in [0, 0.1) is 0 Å². The van der Waals surface area contributed by atoms with E-state index in [1.165, 1.54) is 11.8 Å². The first-order valence-corrected chi connectivity index (χ1v) is 5.36. The van der Waals surface area contributed by atoms with Crippen molar-refractivity contribution in [2.24, 2.45) is 0 Å². The van der Waals surface area contributed by atoms with Gasteiger partial charge in [0.2, 0.25) is 5.91 Å². The zero-order valence-electron chi connectivity index (χ0n) is 9.34. The SMILES string of the molecule is CC(=O)NNC(=O)C1CCC2CN1C(=O)N2O. The standard InChI is InChI=1S/C9H14N4O4/c1-5(14)10-11-8(15)7-3-2-6-4-12(7)9(16)13(6)17/h6-7,17H,2-4H2,1H3,(H,10,14)(H,11,15). The summed E-state index contributed by atoms with van der Waals surface area (Å²) >= 11 is 0. The lowest BCUT2D eigenvalue weighted by Crippen LogP contribution is -2.53. The molecule has 4 amide bonds. The lowest BCUT2D eigenvalue weighted by Gasteiger charge is -2.29. The molecule has 2 aliphatic heterocycles. The summed E-state index contributed by atoms with van der Waals surface area (Å²) in [6.45, 7) is 1.61. The van der Waals surface area contributed by atoms with Crippen molar-refractivity contribution in [1.82, 2.24) is 20.8 Å². The molecule has 8 heteroatoms. The molecular weight excluding hydrogens is 228 g/mol. The van der Waals surface area contributed by atoms with Crippen LogP contribution in [-0.2, 0) is 9.59 Å². The Kier molecular flexibility index (Phi) is 2.88. The van der Waals surface area contributed by atoms with Gasteiger partial charge < -0.3 is 4.90 Å². The van der Waals surface area contributed by atoms with Gasteiger partial charge in [0.15, 0.2) is 0 Å². The second-order valence-electron chi connectivity index (χ2n) is 4.20. The molecule has 2 rings (SSSR count). The van der Waals surface area contributed by atoms with Gasteiger partial charge in [-0.05, 0) is 12.8 Å². The Labute approximate surface area is 97.5 Å². The van der Waals surface area contributed by atoms with Crippen molar-refractivity contribution in [3.8, 4) is 0 Å². The second-order valence-corrected chi connectivity index (χ2v) is 4.20. The highest BCUT2D eigenvalue weighted by Crippen LogP contribution is 2.28. The summed E-state index contributed by atoms with van der Waals surface area (Å²) in [5, 5.41) is 10.1. The van der Waals surface area contributed by atoms with Crippen molar-refractivity contribution >= 4 is 17.8 Å². The fraction of sp³-hybridized carbons (Fsp3) is 0.667. The van der Waals surface area contributed by atoms with E-state index in [0.29, 0.717) is 24.4 Å². The number of rotatable bonds is 1. The smallest absolute Gasteiger partial charge is 0.309 e. The zero-order valence-corrected chi connectivity index (χ0v) is 9.34. The van der Waals surface area contributed by atoms with Crippen molar-refractivity contribution in [1.29, 1.82) is 0 Å². The molecule has 2 atom stereocenters. The van der Waals surface area contributed by atoms with Crippen LogP contribution in [0.2, 0.25) is 0 Å². The molecule has 3 N–H and O–H groups in total. The van der Waals surface area contributed by atoms with E-state index in [1.54, 1.807) is 0 Å². The van der Waals surface area contributed by atoms with Crippen LogP contribution >= 0.6 is 0 Å². The van der Waals surface area contributed by atoms with Crippen LogP contribution in [0.1, 0.15) is 19.8 Å². The minimum Gasteiger partial charge on any atom is -0.309 e. The first-order chi connectivity index (χ1) is 8.00. The van der Waals surface area contributed by atoms with Gasteiger partial charge in [-0.2, -0.15) is 0 Å². The summed E-state index contributed by atoms with van der Waals surface area (Å²) in [6, 6.07) is -1.43. The van der Waals surface area contributed by atoms with E-state index >= 15 is 0 Å². The molecule has 0 radical (unpaired) electrons. The van der Waals surface area contributed by atoms with Crippen LogP contribution in [0.5, 0.6) is 0 Å². The van der Waals surface area contributed by atoms with Crippen molar-refractivity contribution in [3.05, 3.63) is 0 Å². The van der Waals surface area contributed by atoms with E-state index < -0.39 is 18.0 Å². The number of fused-ring (bicyclic) bond motifs is 2. The number of piperidine rings is 1. The van der Waals surface area contributed by atoms with E-state index in [2.05, 4.69) is 10.9 Å². The second kappa shape index (κ2) is 4.21. The largest absolute Gasteiger partial charge is 0.344 e. The van der Waals surface area contributed by atoms with Gasteiger partial charge >= 0.3 is 6.03 Å². The van der Waals surface area contributed by atoms with E-state index in [0.717, 1.165) is 0 Å². The number of hydroxylamine groups is 2. The summed E-state index contributed by atoms with van der Waals surface area (Å²) < 4.78 is 0. The third-order valence-corrected chi connectivity index (χ3v) is 3.01. The summed E-state index contributed by atoms with van der Waals surface area (Å²) in [5.41, 5.74) is 4.41. The van der Waals surface area contributed by atoms with Gasteiger partial charge in [0.05, 0.1) is 6.04 Å². The maximum atomic E-state index is 11.7. The molecule has 2 heterocycles. The van der Waals surface area contributed by atoms with Crippen LogP contribution in [-0.4, -0.2) is 51.6 Å². The fourth-order valence-electron chi connectivity index (χ4n) is 2.16. The number of urea groups is 1. The monoisotopic (exact) mass is 242 g/mol. The molecule has 0 spiro atoms. The molecule has 2 aliphatic rings. The third kappa shape index (κ3) is 2.03. The molecule has 2 fully saturated rings. The molecule has 17 heavy (non-hydrogen) atoms. The number of amides is 4. The summed E-state index contributed by atoms with van der Waals surface area (Å²) in [4.78, 5) is 35.3. The van der Waals surface area contributed by atoms with Crippen molar-refractivity contribution in [2.45, 2.75) is 31.8 Å². The van der Waals surface area contributed by atoms with Crippen LogP contribution in [0.15, 0.2) is 0 Å². The molecule has 2 saturated heterocycles. The number of nitrogens with zero attached hydrogens (tertiary/aromatic N) is 2. The maximum absolute atomic E-state index is 11.7. The molecule has 0 aromatic rings.